The molecule has 0 spiro atoms. The van der Waals surface area contributed by atoms with Crippen molar-refractivity contribution in [2.24, 2.45) is 0 Å². The molecule has 0 unspecified atom stereocenters. The van der Waals surface area contributed by atoms with Crippen LogP contribution in [0.1, 0.15) is 27.7 Å². The van der Waals surface area contributed by atoms with Gasteiger partial charge >= 0.3 is 7.12 Å². The maximum Gasteiger partial charge on any atom is 0.497 e. The van der Waals surface area contributed by atoms with E-state index in [0.717, 1.165) is 38.1 Å². The summed E-state index contributed by atoms with van der Waals surface area (Å²) in [6.45, 7) is 8.29. The average Bonchev–Trinajstić information content (AvgIpc) is 3.09. The molecule has 1 N–H and O–H groups in total. The minimum absolute atomic E-state index is 0.440. The smallest absolute Gasteiger partial charge is 0.455 e. The van der Waals surface area contributed by atoms with Crippen LogP contribution < -0.4 is 15.5 Å². The minimum Gasteiger partial charge on any atom is -0.455 e. The summed E-state index contributed by atoms with van der Waals surface area (Å²) in [5.41, 5.74) is 4.35. The Morgan fingerprint density at radius 3 is 2.03 bits per heavy atom. The second-order valence-corrected chi connectivity index (χ2v) is 11.3. The fourth-order valence-corrected chi connectivity index (χ4v) is 5.37. The van der Waals surface area contributed by atoms with E-state index in [1.54, 1.807) is 11.8 Å². The summed E-state index contributed by atoms with van der Waals surface area (Å²) in [5.74, 6) is 1.68. The summed E-state index contributed by atoms with van der Waals surface area (Å²) >= 11 is 1.71. The van der Waals surface area contributed by atoms with Crippen molar-refractivity contribution in [2.45, 2.75) is 48.7 Å². The van der Waals surface area contributed by atoms with E-state index in [4.69, 9.17) is 14.0 Å². The van der Waals surface area contributed by atoms with E-state index in [1.165, 1.54) is 11.1 Å². The molecule has 2 aliphatic heterocycles. The number of ether oxygens (including phenoxy) is 1. The number of hydrogen-bond donors (Lipinski definition) is 1. The predicted octanol–water partition coefficient (Wildman–Crippen LogP) is 7.65. The van der Waals surface area contributed by atoms with Gasteiger partial charge in [0.25, 0.3) is 0 Å². The van der Waals surface area contributed by atoms with Gasteiger partial charge in [0.2, 0.25) is 0 Å². The van der Waals surface area contributed by atoms with Crippen molar-refractivity contribution in [3.8, 4) is 22.6 Å². The summed E-state index contributed by atoms with van der Waals surface area (Å²) in [6.07, 6.45) is 0. The van der Waals surface area contributed by atoms with E-state index in [1.807, 2.05) is 24.3 Å². The van der Waals surface area contributed by atoms with Gasteiger partial charge in [0.1, 0.15) is 11.5 Å². The van der Waals surface area contributed by atoms with Crippen molar-refractivity contribution < 1.29 is 14.0 Å². The van der Waals surface area contributed by atoms with Crippen LogP contribution in [0.15, 0.2) is 101 Å². The van der Waals surface area contributed by atoms with Gasteiger partial charge in [-0.2, -0.15) is 0 Å². The third kappa shape index (κ3) is 4.19. The van der Waals surface area contributed by atoms with Crippen LogP contribution in [0.25, 0.3) is 11.1 Å². The number of anilines is 2. The Bertz CT molecular complexity index is 1400. The van der Waals surface area contributed by atoms with Gasteiger partial charge in [-0.05, 0) is 75.2 Å². The van der Waals surface area contributed by atoms with E-state index < -0.39 is 18.3 Å². The maximum absolute atomic E-state index is 6.44. The van der Waals surface area contributed by atoms with Crippen molar-refractivity contribution in [3.05, 3.63) is 91.0 Å². The molecule has 4 nitrogen and oxygen atoms in total. The van der Waals surface area contributed by atoms with E-state index in [2.05, 4.69) is 99.7 Å². The zero-order valence-corrected chi connectivity index (χ0v) is 21.7. The largest absolute Gasteiger partial charge is 0.497 e. The molecular weight excluding hydrogens is 465 g/mol. The second-order valence-electron chi connectivity index (χ2n) is 10.2. The summed E-state index contributed by atoms with van der Waals surface area (Å²) in [4.78, 5) is 2.16. The lowest BCUT2D eigenvalue weighted by molar-refractivity contribution is 0.00578. The van der Waals surface area contributed by atoms with E-state index in [9.17, 15) is 0 Å². The first-order valence-corrected chi connectivity index (χ1v) is 13.0. The first kappa shape index (κ1) is 23.2. The molecule has 4 aromatic rings. The molecule has 180 valence electrons. The Morgan fingerprint density at radius 1 is 0.667 bits per heavy atom. The molecule has 0 aromatic heterocycles. The van der Waals surface area contributed by atoms with Crippen molar-refractivity contribution >= 4 is 35.7 Å². The van der Waals surface area contributed by atoms with Gasteiger partial charge in [-0.25, -0.2) is 0 Å². The van der Waals surface area contributed by atoms with Gasteiger partial charge in [0.05, 0.1) is 21.0 Å². The second kappa shape index (κ2) is 8.73. The topological polar surface area (TPSA) is 39.7 Å². The Balaban J connectivity index is 1.37. The Morgan fingerprint density at radius 2 is 1.31 bits per heavy atom. The molecule has 36 heavy (non-hydrogen) atoms. The summed E-state index contributed by atoms with van der Waals surface area (Å²) in [5, 5.41) is 3.63. The van der Waals surface area contributed by atoms with Gasteiger partial charge in [-0.1, -0.05) is 66.4 Å². The van der Waals surface area contributed by atoms with Crippen molar-refractivity contribution in [2.75, 3.05) is 5.32 Å². The SMILES string of the molecule is CC1(C)OB(c2cc3c(cc2Nc2ccc(-c4ccccc4)cc2)Sc2ccccc2O3)OC1(C)C. The van der Waals surface area contributed by atoms with E-state index in [-0.39, 0.29) is 0 Å². The normalized spacial score (nSPS) is 17.2. The van der Waals surface area contributed by atoms with Gasteiger partial charge in [0, 0.05) is 16.8 Å². The van der Waals surface area contributed by atoms with Crippen LogP contribution >= 0.6 is 11.8 Å². The number of fused-ring (bicyclic) bond motifs is 2. The Kier molecular flexibility index (Phi) is 5.63. The van der Waals surface area contributed by atoms with Crippen LogP contribution in [0.2, 0.25) is 0 Å². The van der Waals surface area contributed by atoms with Gasteiger partial charge in [-0.15, -0.1) is 0 Å². The molecule has 0 amide bonds. The third-order valence-electron chi connectivity index (χ3n) is 7.18. The molecule has 4 aromatic carbocycles. The molecule has 0 bridgehead atoms. The van der Waals surface area contributed by atoms with Crippen LogP contribution in [0, 0.1) is 0 Å². The standard InChI is InChI=1S/C30H28BNO3S/c1-29(2)30(3,4)35-31(34-29)23-18-26-28(36-27-13-9-8-12-25(27)33-26)19-24(23)32-22-16-14-21(15-17-22)20-10-6-5-7-11-20/h5-19,32H,1-4H3. The molecular formula is C30H28BNO3S. The molecule has 6 rings (SSSR count). The molecule has 0 aliphatic carbocycles. The lowest BCUT2D eigenvalue weighted by Crippen LogP contribution is -2.41. The summed E-state index contributed by atoms with van der Waals surface area (Å²) in [6, 6.07) is 31.2. The minimum atomic E-state index is -0.517. The summed E-state index contributed by atoms with van der Waals surface area (Å²) < 4.78 is 19.2. The monoisotopic (exact) mass is 493 g/mol. The van der Waals surface area contributed by atoms with Gasteiger partial charge in [0.15, 0.2) is 0 Å². The Hall–Kier alpha value is -3.19. The number of para-hydroxylation sites is 1. The first-order valence-electron chi connectivity index (χ1n) is 12.2. The van der Waals surface area contributed by atoms with Gasteiger partial charge in [-0.3, -0.25) is 0 Å². The maximum atomic E-state index is 6.44. The lowest BCUT2D eigenvalue weighted by Gasteiger charge is -2.32. The van der Waals surface area contributed by atoms with Crippen LogP contribution in [-0.4, -0.2) is 18.3 Å². The fraction of sp³-hybridized carbons (Fsp3) is 0.200. The highest BCUT2D eigenvalue weighted by Gasteiger charge is 2.52. The number of hydrogen-bond acceptors (Lipinski definition) is 5. The van der Waals surface area contributed by atoms with E-state index >= 15 is 0 Å². The third-order valence-corrected chi connectivity index (χ3v) is 8.28. The number of nitrogens with one attached hydrogen (secondary N) is 1. The van der Waals surface area contributed by atoms with Crippen LogP contribution in [0.4, 0.5) is 11.4 Å². The molecule has 0 atom stereocenters. The fourth-order valence-electron chi connectivity index (χ4n) is 4.40. The zero-order valence-electron chi connectivity index (χ0n) is 20.9. The highest BCUT2D eigenvalue weighted by molar-refractivity contribution is 7.99. The Labute approximate surface area is 217 Å². The molecule has 1 fully saturated rings. The van der Waals surface area contributed by atoms with Crippen molar-refractivity contribution in [3.63, 3.8) is 0 Å². The van der Waals surface area contributed by atoms with Crippen LogP contribution in [0.5, 0.6) is 11.5 Å². The number of benzene rings is 4. The van der Waals surface area contributed by atoms with Crippen molar-refractivity contribution in [1.82, 2.24) is 0 Å². The lowest BCUT2D eigenvalue weighted by atomic mass is 9.77. The van der Waals surface area contributed by atoms with Crippen LogP contribution in [0.3, 0.4) is 0 Å². The van der Waals surface area contributed by atoms with E-state index in [0.29, 0.717) is 0 Å². The summed E-state index contributed by atoms with van der Waals surface area (Å²) in [7, 11) is -0.517. The molecule has 2 heterocycles. The van der Waals surface area contributed by atoms with Crippen molar-refractivity contribution in [1.29, 1.82) is 0 Å². The quantitative estimate of drug-likeness (QED) is 0.260. The molecule has 2 aliphatic rings. The highest BCUT2D eigenvalue weighted by Crippen LogP contribution is 2.48. The molecule has 1 saturated heterocycles. The van der Waals surface area contributed by atoms with Crippen LogP contribution in [-0.2, 0) is 9.31 Å². The number of rotatable bonds is 4. The average molecular weight is 493 g/mol. The highest BCUT2D eigenvalue weighted by atomic mass is 32.2. The zero-order chi connectivity index (χ0) is 24.9. The molecule has 6 heteroatoms. The first-order chi connectivity index (χ1) is 17.3. The molecule has 0 saturated carbocycles. The predicted molar refractivity (Wildman–Crippen MR) is 148 cm³/mol. The molecule has 0 radical (unpaired) electrons. The van der Waals surface area contributed by atoms with Gasteiger partial charge < -0.3 is 19.4 Å².